The number of benzene rings is 1. The molecule has 0 aromatic heterocycles. The zero-order valence-electron chi connectivity index (χ0n) is 13.5. The van der Waals surface area contributed by atoms with Crippen LogP contribution >= 0.6 is 0 Å². The minimum Gasteiger partial charge on any atom is -0.378 e. The van der Waals surface area contributed by atoms with E-state index < -0.39 is 5.60 Å². The van der Waals surface area contributed by atoms with Gasteiger partial charge in [-0.2, -0.15) is 10.5 Å². The number of carbonyl (C=O) groups excluding carboxylic acids is 1. The minimum atomic E-state index is -1.45. The molecular weight excluding hydrogens is 304 g/mol. The second-order valence-corrected chi connectivity index (χ2v) is 6.48. The van der Waals surface area contributed by atoms with Crippen molar-refractivity contribution in [1.82, 2.24) is 4.90 Å². The van der Waals surface area contributed by atoms with Crippen molar-refractivity contribution in [2.45, 2.75) is 31.3 Å². The van der Waals surface area contributed by atoms with Crippen LogP contribution in [0.3, 0.4) is 0 Å². The molecule has 1 aromatic rings. The van der Waals surface area contributed by atoms with Crippen LogP contribution in [0, 0.1) is 22.7 Å². The summed E-state index contributed by atoms with van der Waals surface area (Å²) in [6.45, 7) is 2.12. The number of β-amino-alcohol motifs (C(OH)–C–C–N with tert-alkyl or cyclic N) is 1. The van der Waals surface area contributed by atoms with Gasteiger partial charge in [0.1, 0.15) is 12.1 Å². The lowest BCUT2D eigenvalue weighted by atomic mass is 9.90. The van der Waals surface area contributed by atoms with Crippen molar-refractivity contribution in [2.75, 3.05) is 31.1 Å². The van der Waals surface area contributed by atoms with Gasteiger partial charge in [0.05, 0.1) is 23.4 Å². The molecule has 2 saturated heterocycles. The SMILES string of the molecule is N#Cc1cccc(C#N)c1N1CCCC(O)(C(=O)N2CCCC2)C1. The van der Waals surface area contributed by atoms with Crippen molar-refractivity contribution in [3.05, 3.63) is 29.3 Å². The number of hydrogen-bond acceptors (Lipinski definition) is 5. The normalized spacial score (nSPS) is 23.6. The molecule has 1 N–H and O–H groups in total. The van der Waals surface area contributed by atoms with E-state index in [0.29, 0.717) is 49.3 Å². The van der Waals surface area contributed by atoms with Crippen molar-refractivity contribution in [2.24, 2.45) is 0 Å². The lowest BCUT2D eigenvalue weighted by Gasteiger charge is -2.41. The Morgan fingerprint density at radius 3 is 2.29 bits per heavy atom. The number of amides is 1. The third kappa shape index (κ3) is 2.81. The van der Waals surface area contributed by atoms with Crippen LogP contribution in [0.25, 0.3) is 0 Å². The van der Waals surface area contributed by atoms with Crippen molar-refractivity contribution < 1.29 is 9.90 Å². The quantitative estimate of drug-likeness (QED) is 0.887. The number of hydrogen-bond donors (Lipinski definition) is 1. The highest BCUT2D eigenvalue weighted by atomic mass is 16.3. The van der Waals surface area contributed by atoms with E-state index in [0.717, 1.165) is 12.8 Å². The van der Waals surface area contributed by atoms with E-state index in [9.17, 15) is 20.4 Å². The molecule has 2 fully saturated rings. The lowest BCUT2D eigenvalue weighted by molar-refractivity contribution is -0.151. The maximum absolute atomic E-state index is 12.7. The number of rotatable bonds is 2. The number of anilines is 1. The van der Waals surface area contributed by atoms with Crippen LogP contribution in [-0.4, -0.2) is 47.7 Å². The fraction of sp³-hybridized carbons (Fsp3) is 0.500. The van der Waals surface area contributed by atoms with Gasteiger partial charge < -0.3 is 14.9 Å². The predicted molar refractivity (Wildman–Crippen MR) is 88.1 cm³/mol. The Bertz CT molecular complexity index is 695. The molecule has 0 radical (unpaired) electrons. The van der Waals surface area contributed by atoms with Crippen LogP contribution in [-0.2, 0) is 4.79 Å². The molecule has 124 valence electrons. The zero-order chi connectivity index (χ0) is 17.2. The summed E-state index contributed by atoms with van der Waals surface area (Å²) in [6.07, 6.45) is 3.00. The van der Waals surface area contributed by atoms with Gasteiger partial charge in [-0.1, -0.05) is 6.07 Å². The Hall–Kier alpha value is -2.57. The van der Waals surface area contributed by atoms with Gasteiger partial charge in [0.2, 0.25) is 0 Å². The first-order valence-corrected chi connectivity index (χ1v) is 8.29. The number of carbonyl (C=O) groups is 1. The first-order chi connectivity index (χ1) is 11.6. The van der Waals surface area contributed by atoms with Gasteiger partial charge in [0.25, 0.3) is 5.91 Å². The molecule has 3 rings (SSSR count). The average Bonchev–Trinajstić information content (AvgIpc) is 3.14. The Morgan fingerprint density at radius 2 is 1.71 bits per heavy atom. The molecule has 2 aliphatic rings. The molecule has 6 heteroatoms. The molecule has 1 atom stereocenters. The van der Waals surface area contributed by atoms with E-state index >= 15 is 0 Å². The van der Waals surface area contributed by atoms with Gasteiger partial charge >= 0.3 is 0 Å². The van der Waals surface area contributed by atoms with Gasteiger partial charge in [-0.15, -0.1) is 0 Å². The molecule has 6 nitrogen and oxygen atoms in total. The zero-order valence-corrected chi connectivity index (χ0v) is 13.5. The van der Waals surface area contributed by atoms with Crippen LogP contribution < -0.4 is 4.90 Å². The number of likely N-dealkylation sites (tertiary alicyclic amines) is 1. The summed E-state index contributed by atoms with van der Waals surface area (Å²) in [6, 6.07) is 9.21. The first-order valence-electron chi connectivity index (χ1n) is 8.29. The van der Waals surface area contributed by atoms with Gasteiger partial charge in [-0.25, -0.2) is 0 Å². The lowest BCUT2D eigenvalue weighted by Crippen LogP contribution is -2.58. The Labute approximate surface area is 141 Å². The van der Waals surface area contributed by atoms with Crippen LogP contribution in [0.5, 0.6) is 0 Å². The highest BCUT2D eigenvalue weighted by Crippen LogP contribution is 2.32. The van der Waals surface area contributed by atoms with E-state index in [2.05, 4.69) is 12.1 Å². The molecule has 2 aliphatic heterocycles. The van der Waals surface area contributed by atoms with Crippen LogP contribution in [0.4, 0.5) is 5.69 Å². The van der Waals surface area contributed by atoms with Crippen LogP contribution in [0.2, 0.25) is 0 Å². The summed E-state index contributed by atoms with van der Waals surface area (Å²) in [5.41, 5.74) is -0.133. The van der Waals surface area contributed by atoms with E-state index in [4.69, 9.17) is 0 Å². The number of aliphatic hydroxyl groups is 1. The molecule has 0 spiro atoms. The van der Waals surface area contributed by atoms with Crippen LogP contribution in [0.15, 0.2) is 18.2 Å². The molecule has 0 saturated carbocycles. The van der Waals surface area contributed by atoms with E-state index in [1.165, 1.54) is 0 Å². The first kappa shape index (κ1) is 16.3. The second kappa shape index (κ2) is 6.51. The predicted octanol–water partition coefficient (Wildman–Crippen LogP) is 1.38. The maximum atomic E-state index is 12.7. The molecule has 1 aromatic carbocycles. The Balaban J connectivity index is 1.90. The van der Waals surface area contributed by atoms with Crippen molar-refractivity contribution in [3.63, 3.8) is 0 Å². The monoisotopic (exact) mass is 324 g/mol. The summed E-state index contributed by atoms with van der Waals surface area (Å²) in [4.78, 5) is 16.3. The number of nitriles is 2. The molecule has 0 aliphatic carbocycles. The standard InChI is InChI=1S/C18H20N4O2/c19-11-14-5-3-6-15(12-20)16(14)22-10-4-7-18(24,13-22)17(23)21-8-1-2-9-21/h3,5-6,24H,1-2,4,7-10,13H2. The topological polar surface area (TPSA) is 91.4 Å². The summed E-state index contributed by atoms with van der Waals surface area (Å²) in [7, 11) is 0. The number of nitrogens with zero attached hydrogens (tertiary/aromatic N) is 4. The average molecular weight is 324 g/mol. The molecule has 1 unspecified atom stereocenters. The van der Waals surface area contributed by atoms with Gasteiger partial charge in [0.15, 0.2) is 5.60 Å². The fourth-order valence-electron chi connectivity index (χ4n) is 3.68. The summed E-state index contributed by atoms with van der Waals surface area (Å²) in [5.74, 6) is -0.224. The highest BCUT2D eigenvalue weighted by molar-refractivity contribution is 5.86. The smallest absolute Gasteiger partial charge is 0.256 e. The van der Waals surface area contributed by atoms with Crippen molar-refractivity contribution in [3.8, 4) is 12.1 Å². The summed E-state index contributed by atoms with van der Waals surface area (Å²) < 4.78 is 0. The van der Waals surface area contributed by atoms with Crippen molar-refractivity contribution >= 4 is 11.6 Å². The Morgan fingerprint density at radius 1 is 1.08 bits per heavy atom. The molecular formula is C18H20N4O2. The Kier molecular flexibility index (Phi) is 4.42. The van der Waals surface area contributed by atoms with E-state index in [1.54, 1.807) is 23.1 Å². The third-order valence-electron chi connectivity index (χ3n) is 4.86. The third-order valence-corrected chi connectivity index (χ3v) is 4.86. The van der Waals surface area contributed by atoms with Gasteiger partial charge in [-0.3, -0.25) is 4.79 Å². The summed E-state index contributed by atoms with van der Waals surface area (Å²) in [5, 5.41) is 29.7. The molecule has 0 bridgehead atoms. The molecule has 2 heterocycles. The van der Waals surface area contributed by atoms with E-state index in [1.807, 2.05) is 4.90 Å². The van der Waals surface area contributed by atoms with Crippen LogP contribution in [0.1, 0.15) is 36.8 Å². The maximum Gasteiger partial charge on any atom is 0.256 e. The molecule has 24 heavy (non-hydrogen) atoms. The van der Waals surface area contributed by atoms with E-state index in [-0.39, 0.29) is 12.5 Å². The van der Waals surface area contributed by atoms with Gasteiger partial charge in [0, 0.05) is 19.6 Å². The highest BCUT2D eigenvalue weighted by Gasteiger charge is 2.44. The fourth-order valence-corrected chi connectivity index (χ4v) is 3.68. The van der Waals surface area contributed by atoms with Gasteiger partial charge in [-0.05, 0) is 37.8 Å². The number of para-hydroxylation sites is 1. The largest absolute Gasteiger partial charge is 0.378 e. The molecule has 1 amide bonds. The van der Waals surface area contributed by atoms with Crippen molar-refractivity contribution in [1.29, 1.82) is 10.5 Å². The minimum absolute atomic E-state index is 0.121. The second-order valence-electron chi connectivity index (χ2n) is 6.48. The number of piperidine rings is 1. The summed E-state index contributed by atoms with van der Waals surface area (Å²) >= 11 is 0.